The van der Waals surface area contributed by atoms with Gasteiger partial charge in [0, 0.05) is 13.0 Å². The molecule has 0 aromatic carbocycles. The zero-order valence-electron chi connectivity index (χ0n) is 10.4. The first kappa shape index (κ1) is 12.6. The van der Waals surface area contributed by atoms with Crippen LogP contribution in [0.2, 0.25) is 0 Å². The third-order valence-electron chi connectivity index (χ3n) is 2.93. The SMILES string of the molecule is O=C1COc2ncc(N3CC(CCO)OC3=O)nc2N1. The fourth-order valence-corrected chi connectivity index (χ4v) is 1.99. The highest BCUT2D eigenvalue weighted by Gasteiger charge is 2.33. The monoisotopic (exact) mass is 280 g/mol. The quantitative estimate of drug-likeness (QED) is 0.768. The highest BCUT2D eigenvalue weighted by atomic mass is 16.6. The van der Waals surface area contributed by atoms with Crippen LogP contribution in [0.15, 0.2) is 6.20 Å². The Labute approximate surface area is 113 Å². The van der Waals surface area contributed by atoms with Crippen molar-refractivity contribution in [2.45, 2.75) is 12.5 Å². The number of nitrogens with zero attached hydrogens (tertiary/aromatic N) is 3. The van der Waals surface area contributed by atoms with Gasteiger partial charge in [-0.2, -0.15) is 0 Å². The summed E-state index contributed by atoms with van der Waals surface area (Å²) in [5, 5.41) is 11.4. The Bertz CT molecular complexity index is 564. The lowest BCUT2D eigenvalue weighted by Gasteiger charge is -2.18. The molecule has 1 unspecified atom stereocenters. The molecule has 0 radical (unpaired) electrons. The topological polar surface area (TPSA) is 114 Å². The van der Waals surface area contributed by atoms with Crippen LogP contribution in [0.1, 0.15) is 6.42 Å². The number of ether oxygens (including phenoxy) is 2. The normalized spacial score (nSPS) is 21.1. The summed E-state index contributed by atoms with van der Waals surface area (Å²) in [6.45, 7) is 0.110. The predicted octanol–water partition coefficient (Wildman–Crippen LogP) is -0.485. The molecule has 1 aromatic heterocycles. The van der Waals surface area contributed by atoms with E-state index >= 15 is 0 Å². The number of anilines is 2. The number of nitrogens with one attached hydrogen (secondary N) is 1. The van der Waals surface area contributed by atoms with E-state index < -0.39 is 6.09 Å². The van der Waals surface area contributed by atoms with Crippen LogP contribution in [-0.4, -0.2) is 52.9 Å². The van der Waals surface area contributed by atoms with E-state index in [9.17, 15) is 9.59 Å². The van der Waals surface area contributed by atoms with Crippen molar-refractivity contribution in [3.05, 3.63) is 6.20 Å². The molecule has 9 nitrogen and oxygen atoms in total. The molecular weight excluding hydrogens is 268 g/mol. The lowest BCUT2D eigenvalue weighted by Crippen LogP contribution is -2.29. The minimum atomic E-state index is -0.555. The molecule has 2 aliphatic rings. The summed E-state index contributed by atoms with van der Waals surface area (Å²) in [5.41, 5.74) is 0. The molecule has 20 heavy (non-hydrogen) atoms. The molecule has 9 heteroatoms. The van der Waals surface area contributed by atoms with Crippen LogP contribution in [-0.2, 0) is 9.53 Å². The zero-order chi connectivity index (χ0) is 14.1. The van der Waals surface area contributed by atoms with Crippen molar-refractivity contribution in [2.24, 2.45) is 0 Å². The first-order valence-corrected chi connectivity index (χ1v) is 6.06. The molecule has 3 heterocycles. The van der Waals surface area contributed by atoms with E-state index in [0.29, 0.717) is 6.42 Å². The van der Waals surface area contributed by atoms with Crippen molar-refractivity contribution in [3.8, 4) is 5.88 Å². The van der Waals surface area contributed by atoms with Gasteiger partial charge in [-0.25, -0.2) is 14.8 Å². The maximum atomic E-state index is 11.7. The summed E-state index contributed by atoms with van der Waals surface area (Å²) in [6.07, 6.45) is 0.802. The van der Waals surface area contributed by atoms with Gasteiger partial charge in [0.2, 0.25) is 0 Å². The number of cyclic esters (lactones) is 1. The van der Waals surface area contributed by atoms with Gasteiger partial charge in [0.15, 0.2) is 18.2 Å². The Morgan fingerprint density at radius 3 is 3.15 bits per heavy atom. The Morgan fingerprint density at radius 1 is 1.50 bits per heavy atom. The molecule has 2 N–H and O–H groups in total. The largest absolute Gasteiger partial charge is 0.465 e. The number of fused-ring (bicyclic) bond motifs is 1. The van der Waals surface area contributed by atoms with E-state index in [1.54, 1.807) is 0 Å². The second-order valence-corrected chi connectivity index (χ2v) is 4.35. The summed E-state index contributed by atoms with van der Waals surface area (Å²) in [6, 6.07) is 0. The smallest absolute Gasteiger partial charge is 0.415 e. The molecule has 106 valence electrons. The summed E-state index contributed by atoms with van der Waals surface area (Å²) >= 11 is 0. The van der Waals surface area contributed by atoms with E-state index in [1.807, 2.05) is 0 Å². The summed E-state index contributed by atoms with van der Waals surface area (Å²) in [4.78, 5) is 32.4. The summed E-state index contributed by atoms with van der Waals surface area (Å²) in [7, 11) is 0. The average Bonchev–Trinajstić information content (AvgIpc) is 2.79. The molecule has 1 aromatic rings. The molecule has 0 spiro atoms. The average molecular weight is 280 g/mol. The predicted molar refractivity (Wildman–Crippen MR) is 65.5 cm³/mol. The maximum Gasteiger partial charge on any atom is 0.415 e. The first-order chi connectivity index (χ1) is 9.67. The third kappa shape index (κ3) is 2.23. The van der Waals surface area contributed by atoms with Crippen molar-refractivity contribution in [1.29, 1.82) is 0 Å². The standard InChI is InChI=1S/C11H12N4O5/c16-2-1-6-4-15(11(18)20-6)7-3-12-10-9(13-7)14-8(17)5-19-10/h3,6,16H,1-2,4-5H2,(H,13,14,17). The number of hydrogen-bond acceptors (Lipinski definition) is 7. The molecule has 1 saturated heterocycles. The lowest BCUT2D eigenvalue weighted by molar-refractivity contribution is -0.118. The molecule has 1 atom stereocenters. The Kier molecular flexibility index (Phi) is 3.11. The Balaban J connectivity index is 1.82. The zero-order valence-corrected chi connectivity index (χ0v) is 10.4. The van der Waals surface area contributed by atoms with Crippen molar-refractivity contribution >= 4 is 23.6 Å². The van der Waals surface area contributed by atoms with Crippen molar-refractivity contribution < 1.29 is 24.2 Å². The number of hydrogen-bond donors (Lipinski definition) is 2. The first-order valence-electron chi connectivity index (χ1n) is 6.06. The number of amides is 2. The molecule has 2 amide bonds. The fourth-order valence-electron chi connectivity index (χ4n) is 1.99. The van der Waals surface area contributed by atoms with Gasteiger partial charge in [0.05, 0.1) is 12.7 Å². The van der Waals surface area contributed by atoms with Crippen LogP contribution in [0.4, 0.5) is 16.4 Å². The number of carbonyl (C=O) groups excluding carboxylic acids is 2. The van der Waals surface area contributed by atoms with E-state index in [1.165, 1.54) is 11.1 Å². The molecule has 1 fully saturated rings. The van der Waals surface area contributed by atoms with Crippen LogP contribution >= 0.6 is 0 Å². The minimum absolute atomic E-state index is 0.0639. The van der Waals surface area contributed by atoms with Gasteiger partial charge in [-0.15, -0.1) is 0 Å². The van der Waals surface area contributed by atoms with Crippen LogP contribution in [0.25, 0.3) is 0 Å². The van der Waals surface area contributed by atoms with Crippen LogP contribution in [0.3, 0.4) is 0 Å². The number of rotatable bonds is 3. The third-order valence-corrected chi connectivity index (χ3v) is 2.93. The van der Waals surface area contributed by atoms with Crippen LogP contribution in [0.5, 0.6) is 5.88 Å². The molecule has 0 bridgehead atoms. The van der Waals surface area contributed by atoms with Gasteiger partial charge in [0.25, 0.3) is 11.8 Å². The second kappa shape index (κ2) is 4.93. The molecule has 3 rings (SSSR count). The van der Waals surface area contributed by atoms with Gasteiger partial charge in [-0.1, -0.05) is 0 Å². The van der Waals surface area contributed by atoms with E-state index in [2.05, 4.69) is 15.3 Å². The van der Waals surface area contributed by atoms with Crippen molar-refractivity contribution in [3.63, 3.8) is 0 Å². The van der Waals surface area contributed by atoms with Gasteiger partial charge in [-0.3, -0.25) is 9.69 Å². The summed E-state index contributed by atoms with van der Waals surface area (Å²) in [5.74, 6) is 0.330. The van der Waals surface area contributed by atoms with Gasteiger partial charge >= 0.3 is 6.09 Å². The maximum absolute atomic E-state index is 11.7. The number of aliphatic hydroxyl groups is 1. The van der Waals surface area contributed by atoms with Gasteiger partial charge in [-0.05, 0) is 0 Å². The molecule has 0 saturated carbocycles. The van der Waals surface area contributed by atoms with E-state index in [0.717, 1.165) is 0 Å². The van der Waals surface area contributed by atoms with Crippen LogP contribution in [0, 0.1) is 0 Å². The number of carbonyl (C=O) groups is 2. The lowest BCUT2D eigenvalue weighted by atomic mass is 10.2. The van der Waals surface area contributed by atoms with Gasteiger partial charge in [0.1, 0.15) is 6.10 Å². The highest BCUT2D eigenvalue weighted by molar-refractivity contribution is 5.94. The van der Waals surface area contributed by atoms with Crippen LogP contribution < -0.4 is 15.0 Å². The number of aliphatic hydroxyl groups excluding tert-OH is 1. The number of aromatic nitrogens is 2. The van der Waals surface area contributed by atoms with E-state index in [4.69, 9.17) is 14.6 Å². The van der Waals surface area contributed by atoms with Crippen molar-refractivity contribution in [2.75, 3.05) is 30.0 Å². The molecule has 2 aliphatic heterocycles. The highest BCUT2D eigenvalue weighted by Crippen LogP contribution is 2.27. The molecule has 0 aliphatic carbocycles. The van der Waals surface area contributed by atoms with Gasteiger partial charge < -0.3 is 19.9 Å². The van der Waals surface area contributed by atoms with Crippen molar-refractivity contribution in [1.82, 2.24) is 9.97 Å². The Morgan fingerprint density at radius 2 is 2.35 bits per heavy atom. The summed E-state index contributed by atoms with van der Waals surface area (Å²) < 4.78 is 10.2. The molecular formula is C11H12N4O5. The fraction of sp³-hybridized carbons (Fsp3) is 0.455. The Hall–Kier alpha value is -2.42. The van der Waals surface area contributed by atoms with E-state index in [-0.39, 0.29) is 49.3 Å². The minimum Gasteiger partial charge on any atom is -0.465 e. The second-order valence-electron chi connectivity index (χ2n) is 4.35.